The van der Waals surface area contributed by atoms with E-state index in [9.17, 15) is 4.79 Å². The molecule has 1 aliphatic rings. The van der Waals surface area contributed by atoms with Gasteiger partial charge in [-0.05, 0) is 61.4 Å². The van der Waals surface area contributed by atoms with Crippen molar-refractivity contribution in [2.45, 2.75) is 13.8 Å². The number of hydrogen-bond acceptors (Lipinski definition) is 6. The quantitative estimate of drug-likeness (QED) is 0.253. The second-order valence-corrected chi connectivity index (χ2v) is 9.10. The number of rotatable bonds is 8. The fourth-order valence-electron chi connectivity index (χ4n) is 2.78. The fourth-order valence-corrected chi connectivity index (χ4v) is 4.35. The van der Waals surface area contributed by atoms with Gasteiger partial charge < -0.3 is 14.2 Å². The maximum atomic E-state index is 12.3. The molecule has 0 bridgehead atoms. The normalized spacial score (nSPS) is 15.0. The standard InChI is InChI=1S/C22H21Cl2NO4S2/c1-4-27-18-11-14(12-19-21(26)25(3)22(30)31-19)10-17(24)20(18)29-8-7-28-15-5-6-16(23)13(2)9-15/h5-6,9-12H,4,7-8H2,1-3H3/b19-12-. The summed E-state index contributed by atoms with van der Waals surface area (Å²) in [5.41, 5.74) is 1.67. The Morgan fingerprint density at radius 3 is 2.48 bits per heavy atom. The lowest BCUT2D eigenvalue weighted by Crippen LogP contribution is -2.22. The molecule has 0 saturated carbocycles. The topological polar surface area (TPSA) is 48.0 Å². The molecule has 0 radical (unpaired) electrons. The van der Waals surface area contributed by atoms with Gasteiger partial charge in [-0.1, -0.05) is 47.2 Å². The zero-order valence-corrected chi connectivity index (χ0v) is 20.4. The van der Waals surface area contributed by atoms with Crippen molar-refractivity contribution in [3.05, 3.63) is 56.4 Å². The molecular formula is C22H21Cl2NO4S2. The summed E-state index contributed by atoms with van der Waals surface area (Å²) in [6.07, 6.45) is 1.74. The average molecular weight is 498 g/mol. The highest BCUT2D eigenvalue weighted by Crippen LogP contribution is 2.39. The molecule has 2 aromatic rings. The van der Waals surface area contributed by atoms with Crippen molar-refractivity contribution in [2.24, 2.45) is 0 Å². The van der Waals surface area contributed by atoms with Crippen LogP contribution >= 0.6 is 47.2 Å². The molecule has 31 heavy (non-hydrogen) atoms. The smallest absolute Gasteiger partial charge is 0.265 e. The maximum absolute atomic E-state index is 12.3. The van der Waals surface area contributed by atoms with Crippen LogP contribution in [0.5, 0.6) is 17.2 Å². The van der Waals surface area contributed by atoms with Crippen molar-refractivity contribution >= 4 is 63.5 Å². The van der Waals surface area contributed by atoms with Gasteiger partial charge in [0.2, 0.25) is 0 Å². The summed E-state index contributed by atoms with van der Waals surface area (Å²) in [6.45, 7) is 4.82. The lowest BCUT2D eigenvalue weighted by Gasteiger charge is -2.15. The second-order valence-electron chi connectivity index (χ2n) is 6.61. The van der Waals surface area contributed by atoms with Crippen molar-refractivity contribution in [3.63, 3.8) is 0 Å². The van der Waals surface area contributed by atoms with E-state index in [0.29, 0.717) is 49.7 Å². The minimum atomic E-state index is -0.140. The predicted molar refractivity (Wildman–Crippen MR) is 131 cm³/mol. The van der Waals surface area contributed by atoms with Crippen LogP contribution in [0.3, 0.4) is 0 Å². The monoisotopic (exact) mass is 497 g/mol. The summed E-state index contributed by atoms with van der Waals surface area (Å²) >= 11 is 18.9. The molecule has 0 aromatic heterocycles. The molecule has 1 aliphatic heterocycles. The van der Waals surface area contributed by atoms with Crippen LogP contribution in [0.4, 0.5) is 0 Å². The average Bonchev–Trinajstić information content (AvgIpc) is 2.96. The third kappa shape index (κ3) is 5.86. The van der Waals surface area contributed by atoms with Crippen molar-refractivity contribution in [3.8, 4) is 17.2 Å². The second kappa shape index (κ2) is 10.6. The Balaban J connectivity index is 1.71. The number of amides is 1. The number of nitrogens with zero attached hydrogens (tertiary/aromatic N) is 1. The lowest BCUT2D eigenvalue weighted by molar-refractivity contribution is -0.121. The number of hydrogen-bond donors (Lipinski definition) is 0. The van der Waals surface area contributed by atoms with Crippen LogP contribution in [-0.4, -0.2) is 42.0 Å². The van der Waals surface area contributed by atoms with E-state index < -0.39 is 0 Å². The molecule has 2 aromatic carbocycles. The number of thiocarbonyl (C=S) groups is 1. The first-order valence-corrected chi connectivity index (χ1v) is 11.5. The summed E-state index contributed by atoms with van der Waals surface area (Å²) in [5.74, 6) is 1.50. The van der Waals surface area contributed by atoms with Gasteiger partial charge in [0.1, 0.15) is 23.3 Å². The largest absolute Gasteiger partial charge is 0.490 e. The molecule has 1 saturated heterocycles. The molecule has 0 spiro atoms. The van der Waals surface area contributed by atoms with Crippen molar-refractivity contribution in [1.82, 2.24) is 4.90 Å². The van der Waals surface area contributed by atoms with E-state index in [4.69, 9.17) is 49.6 Å². The summed E-state index contributed by atoms with van der Waals surface area (Å²) in [7, 11) is 1.65. The number of benzene rings is 2. The molecule has 0 aliphatic carbocycles. The summed E-state index contributed by atoms with van der Waals surface area (Å²) < 4.78 is 17.8. The van der Waals surface area contributed by atoms with Crippen LogP contribution in [0.15, 0.2) is 35.2 Å². The van der Waals surface area contributed by atoms with Gasteiger partial charge in [0, 0.05) is 12.1 Å². The summed E-state index contributed by atoms with van der Waals surface area (Å²) in [6, 6.07) is 8.99. The molecule has 9 heteroatoms. The van der Waals surface area contributed by atoms with Gasteiger partial charge in [-0.25, -0.2) is 0 Å². The van der Waals surface area contributed by atoms with Gasteiger partial charge in [-0.15, -0.1) is 0 Å². The first kappa shape index (κ1) is 23.7. The van der Waals surface area contributed by atoms with E-state index in [0.717, 1.165) is 11.1 Å². The van der Waals surface area contributed by atoms with E-state index in [2.05, 4.69) is 0 Å². The van der Waals surface area contributed by atoms with Crippen molar-refractivity contribution in [1.29, 1.82) is 0 Å². The molecular weight excluding hydrogens is 477 g/mol. The Hall–Kier alpha value is -1.93. The van der Waals surface area contributed by atoms with E-state index >= 15 is 0 Å². The van der Waals surface area contributed by atoms with Gasteiger partial charge in [0.05, 0.1) is 16.5 Å². The van der Waals surface area contributed by atoms with E-state index in [1.165, 1.54) is 16.7 Å². The number of carbonyl (C=O) groups is 1. The predicted octanol–water partition coefficient (Wildman–Crippen LogP) is 5.99. The molecule has 164 valence electrons. The van der Waals surface area contributed by atoms with Crippen LogP contribution in [0.1, 0.15) is 18.1 Å². The molecule has 1 fully saturated rings. The van der Waals surface area contributed by atoms with Gasteiger partial charge in [-0.2, -0.15) is 0 Å². The number of ether oxygens (including phenoxy) is 3. The van der Waals surface area contributed by atoms with E-state index in [1.807, 2.05) is 26.0 Å². The Morgan fingerprint density at radius 1 is 1.10 bits per heavy atom. The SMILES string of the molecule is CCOc1cc(/C=C2\SC(=S)N(C)C2=O)cc(Cl)c1OCCOc1ccc(Cl)c(C)c1. The Kier molecular flexibility index (Phi) is 8.11. The third-order valence-corrected chi connectivity index (χ3v) is 6.53. The number of carbonyl (C=O) groups excluding carboxylic acids is 1. The number of halogens is 2. The Bertz CT molecular complexity index is 1040. The zero-order chi connectivity index (χ0) is 22.5. The van der Waals surface area contributed by atoms with Crippen LogP contribution in [0.2, 0.25) is 10.0 Å². The molecule has 5 nitrogen and oxygen atoms in total. The first-order chi connectivity index (χ1) is 14.8. The highest BCUT2D eigenvalue weighted by Gasteiger charge is 2.28. The van der Waals surface area contributed by atoms with Crippen LogP contribution < -0.4 is 14.2 Å². The summed E-state index contributed by atoms with van der Waals surface area (Å²) in [4.78, 5) is 14.2. The fraction of sp³-hybridized carbons (Fsp3) is 0.273. The molecule has 1 heterocycles. The Morgan fingerprint density at radius 2 is 1.84 bits per heavy atom. The molecule has 1 amide bonds. The number of likely N-dealkylation sites (N-methyl/N-ethyl adjacent to an activating group) is 1. The van der Waals surface area contributed by atoms with Crippen LogP contribution in [-0.2, 0) is 4.79 Å². The van der Waals surface area contributed by atoms with Gasteiger partial charge in [-0.3, -0.25) is 9.69 Å². The maximum Gasteiger partial charge on any atom is 0.265 e. The van der Waals surface area contributed by atoms with E-state index in [-0.39, 0.29) is 12.5 Å². The Labute approximate surface area is 201 Å². The van der Waals surface area contributed by atoms with Crippen LogP contribution in [0.25, 0.3) is 6.08 Å². The van der Waals surface area contributed by atoms with Crippen molar-refractivity contribution < 1.29 is 19.0 Å². The minimum absolute atomic E-state index is 0.140. The number of thioether (sulfide) groups is 1. The molecule has 0 unspecified atom stereocenters. The lowest BCUT2D eigenvalue weighted by atomic mass is 10.1. The molecule has 0 atom stereocenters. The highest BCUT2D eigenvalue weighted by atomic mass is 35.5. The summed E-state index contributed by atoms with van der Waals surface area (Å²) in [5, 5.41) is 1.07. The zero-order valence-electron chi connectivity index (χ0n) is 17.2. The third-order valence-electron chi connectivity index (χ3n) is 4.34. The molecule has 0 N–H and O–H groups in total. The van der Waals surface area contributed by atoms with Gasteiger partial charge in [0.25, 0.3) is 5.91 Å². The highest BCUT2D eigenvalue weighted by molar-refractivity contribution is 8.26. The number of aryl methyl sites for hydroxylation is 1. The van der Waals surface area contributed by atoms with Crippen molar-refractivity contribution in [2.75, 3.05) is 26.9 Å². The van der Waals surface area contributed by atoms with Gasteiger partial charge >= 0.3 is 0 Å². The van der Waals surface area contributed by atoms with Gasteiger partial charge in [0.15, 0.2) is 11.5 Å². The van der Waals surface area contributed by atoms with E-state index in [1.54, 1.807) is 31.3 Å². The van der Waals surface area contributed by atoms with Crippen LogP contribution in [0, 0.1) is 6.92 Å². The first-order valence-electron chi connectivity index (χ1n) is 9.49. The molecule has 3 rings (SSSR count). The minimum Gasteiger partial charge on any atom is -0.490 e.